The van der Waals surface area contributed by atoms with E-state index in [2.05, 4.69) is 35.2 Å². The van der Waals surface area contributed by atoms with Crippen molar-refractivity contribution in [1.29, 1.82) is 0 Å². The summed E-state index contributed by atoms with van der Waals surface area (Å²) in [7, 11) is 0. The van der Waals surface area contributed by atoms with E-state index in [0.717, 1.165) is 32.4 Å². The van der Waals surface area contributed by atoms with Gasteiger partial charge in [0.05, 0.1) is 6.04 Å². The van der Waals surface area contributed by atoms with Crippen LogP contribution in [0.25, 0.3) is 0 Å². The number of likely N-dealkylation sites (tertiary alicyclic amines) is 1. The summed E-state index contributed by atoms with van der Waals surface area (Å²) in [6.07, 6.45) is 3.42. The number of benzene rings is 2. The highest BCUT2D eigenvalue weighted by Gasteiger charge is 2.27. The van der Waals surface area contributed by atoms with Gasteiger partial charge in [0.25, 0.3) is 0 Å². The maximum Gasteiger partial charge on any atom is 0.179 e. The first-order valence-corrected chi connectivity index (χ1v) is 8.74. The molecule has 24 heavy (non-hydrogen) atoms. The van der Waals surface area contributed by atoms with E-state index in [4.69, 9.17) is 0 Å². The molecule has 0 spiro atoms. The Kier molecular flexibility index (Phi) is 5.31. The number of phenolic OH excluding ortho intramolecular Hbond substituents is 1. The fraction of sp³-hybridized carbons (Fsp3) is 0.381. The third-order valence-corrected chi connectivity index (χ3v) is 5.10. The number of rotatable bonds is 5. The molecule has 1 N–H and O–H groups in total. The van der Waals surface area contributed by atoms with Crippen LogP contribution in [-0.2, 0) is 6.42 Å². The van der Waals surface area contributed by atoms with E-state index >= 15 is 0 Å². The second-order valence-electron chi connectivity index (χ2n) is 6.76. The van der Waals surface area contributed by atoms with Crippen molar-refractivity contribution in [3.63, 3.8) is 0 Å². The van der Waals surface area contributed by atoms with E-state index in [1.807, 2.05) is 6.92 Å². The molecular weight excluding hydrogens is 298 g/mol. The molecule has 0 amide bonds. The number of aromatic hydroxyl groups is 1. The lowest BCUT2D eigenvalue weighted by molar-refractivity contribution is 0.0771. The van der Waals surface area contributed by atoms with Crippen LogP contribution in [0.5, 0.6) is 5.75 Å². The molecule has 126 valence electrons. The van der Waals surface area contributed by atoms with Crippen LogP contribution in [-0.4, -0.2) is 34.9 Å². The minimum atomic E-state index is -0.104. The molecule has 3 rings (SSSR count). The summed E-state index contributed by atoms with van der Waals surface area (Å²) in [5.41, 5.74) is 2.08. The molecule has 1 atom stereocenters. The Bertz CT molecular complexity index is 658. The minimum absolute atomic E-state index is 0.104. The zero-order valence-corrected chi connectivity index (χ0v) is 14.2. The molecule has 1 saturated heterocycles. The minimum Gasteiger partial charge on any atom is -0.508 e. The van der Waals surface area contributed by atoms with Gasteiger partial charge in [-0.3, -0.25) is 9.69 Å². The van der Waals surface area contributed by atoms with Crippen molar-refractivity contribution >= 4 is 5.78 Å². The Labute approximate surface area is 143 Å². The molecule has 3 nitrogen and oxygen atoms in total. The molecule has 0 aromatic heterocycles. The Morgan fingerprint density at radius 2 is 1.71 bits per heavy atom. The molecule has 1 unspecified atom stereocenters. The summed E-state index contributed by atoms with van der Waals surface area (Å²) in [6.45, 7) is 3.94. The monoisotopic (exact) mass is 323 g/mol. The van der Waals surface area contributed by atoms with Crippen LogP contribution >= 0.6 is 0 Å². The molecule has 1 aliphatic rings. The number of nitrogens with zero attached hydrogens (tertiary/aromatic N) is 1. The largest absolute Gasteiger partial charge is 0.508 e. The summed E-state index contributed by atoms with van der Waals surface area (Å²) >= 11 is 0. The maximum absolute atomic E-state index is 12.6. The van der Waals surface area contributed by atoms with Crippen molar-refractivity contribution in [3.8, 4) is 5.75 Å². The van der Waals surface area contributed by atoms with E-state index in [1.165, 1.54) is 5.56 Å². The van der Waals surface area contributed by atoms with E-state index in [9.17, 15) is 9.90 Å². The number of hydrogen-bond donors (Lipinski definition) is 1. The van der Waals surface area contributed by atoms with Gasteiger partial charge in [-0.15, -0.1) is 0 Å². The molecule has 1 heterocycles. The average Bonchev–Trinajstić information content (AvgIpc) is 2.63. The Balaban J connectivity index is 1.54. The number of hydrogen-bond acceptors (Lipinski definition) is 3. The molecule has 1 aliphatic heterocycles. The quantitative estimate of drug-likeness (QED) is 0.848. The lowest BCUT2D eigenvalue weighted by Crippen LogP contribution is -2.44. The summed E-state index contributed by atoms with van der Waals surface area (Å²) in [5, 5.41) is 9.35. The smallest absolute Gasteiger partial charge is 0.179 e. The summed E-state index contributed by atoms with van der Waals surface area (Å²) < 4.78 is 0. The lowest BCUT2D eigenvalue weighted by Gasteiger charge is -2.35. The predicted octanol–water partition coefficient (Wildman–Crippen LogP) is 3.92. The van der Waals surface area contributed by atoms with Crippen LogP contribution in [0.2, 0.25) is 0 Å². The third kappa shape index (κ3) is 4.04. The number of ketones is 1. The first-order valence-electron chi connectivity index (χ1n) is 8.74. The van der Waals surface area contributed by atoms with Crippen LogP contribution in [0.4, 0.5) is 0 Å². The molecular formula is C21H25NO2. The van der Waals surface area contributed by atoms with Gasteiger partial charge in [0, 0.05) is 5.56 Å². The van der Waals surface area contributed by atoms with Crippen LogP contribution < -0.4 is 0 Å². The number of carbonyl (C=O) groups is 1. The molecule has 0 saturated carbocycles. The highest BCUT2D eigenvalue weighted by molar-refractivity contribution is 5.99. The first-order chi connectivity index (χ1) is 11.6. The van der Waals surface area contributed by atoms with Gasteiger partial charge in [0.2, 0.25) is 0 Å². The summed E-state index contributed by atoms with van der Waals surface area (Å²) in [5.74, 6) is 1.04. The van der Waals surface area contributed by atoms with Crippen molar-refractivity contribution in [3.05, 3.63) is 65.7 Å². The van der Waals surface area contributed by atoms with E-state index in [-0.39, 0.29) is 17.6 Å². The van der Waals surface area contributed by atoms with Crippen molar-refractivity contribution in [2.75, 3.05) is 13.1 Å². The zero-order chi connectivity index (χ0) is 16.9. The number of piperidine rings is 1. The number of Topliss-reactive ketones (excluding diaryl/α,β-unsaturated/α-hetero) is 1. The number of carbonyl (C=O) groups excluding carboxylic acids is 1. The van der Waals surface area contributed by atoms with E-state index in [1.54, 1.807) is 24.3 Å². The fourth-order valence-electron chi connectivity index (χ4n) is 3.52. The molecule has 1 fully saturated rings. The highest BCUT2D eigenvalue weighted by atomic mass is 16.3. The second kappa shape index (κ2) is 7.63. The Morgan fingerprint density at radius 1 is 1.08 bits per heavy atom. The van der Waals surface area contributed by atoms with Crippen LogP contribution in [0.3, 0.4) is 0 Å². The fourth-order valence-corrected chi connectivity index (χ4v) is 3.52. The van der Waals surface area contributed by atoms with Crippen molar-refractivity contribution < 1.29 is 9.90 Å². The van der Waals surface area contributed by atoms with Crippen LogP contribution in [0.1, 0.15) is 35.7 Å². The topological polar surface area (TPSA) is 40.5 Å². The molecule has 3 heteroatoms. The van der Waals surface area contributed by atoms with E-state index in [0.29, 0.717) is 11.5 Å². The third-order valence-electron chi connectivity index (χ3n) is 5.10. The van der Waals surface area contributed by atoms with Gasteiger partial charge < -0.3 is 5.11 Å². The Hall–Kier alpha value is -2.13. The standard InChI is InChI=1S/C21H25NO2/c1-16(21(24)19-7-9-20(23)10-8-19)22-13-11-18(12-14-22)15-17-5-3-2-4-6-17/h2-10,16,18,23H,11-15H2,1H3. The summed E-state index contributed by atoms with van der Waals surface area (Å²) in [4.78, 5) is 14.9. The molecule has 2 aromatic rings. The molecule has 2 aromatic carbocycles. The van der Waals surface area contributed by atoms with Gasteiger partial charge in [-0.05, 0) is 75.0 Å². The maximum atomic E-state index is 12.6. The molecule has 0 bridgehead atoms. The normalized spacial score (nSPS) is 17.5. The van der Waals surface area contributed by atoms with Crippen molar-refractivity contribution in [1.82, 2.24) is 4.90 Å². The average molecular weight is 323 g/mol. The zero-order valence-electron chi connectivity index (χ0n) is 14.2. The van der Waals surface area contributed by atoms with Gasteiger partial charge in [-0.1, -0.05) is 30.3 Å². The van der Waals surface area contributed by atoms with Gasteiger partial charge in [-0.2, -0.15) is 0 Å². The first kappa shape index (κ1) is 16.7. The van der Waals surface area contributed by atoms with Gasteiger partial charge in [-0.25, -0.2) is 0 Å². The van der Waals surface area contributed by atoms with Crippen LogP contribution in [0.15, 0.2) is 54.6 Å². The van der Waals surface area contributed by atoms with Crippen molar-refractivity contribution in [2.45, 2.75) is 32.2 Å². The lowest BCUT2D eigenvalue weighted by atomic mass is 9.89. The van der Waals surface area contributed by atoms with Gasteiger partial charge in [0.15, 0.2) is 5.78 Å². The Morgan fingerprint density at radius 3 is 2.33 bits per heavy atom. The van der Waals surface area contributed by atoms with Gasteiger partial charge >= 0.3 is 0 Å². The number of phenols is 1. The van der Waals surface area contributed by atoms with Crippen LogP contribution in [0, 0.1) is 5.92 Å². The van der Waals surface area contributed by atoms with Gasteiger partial charge in [0.1, 0.15) is 5.75 Å². The van der Waals surface area contributed by atoms with E-state index < -0.39 is 0 Å². The highest BCUT2D eigenvalue weighted by Crippen LogP contribution is 2.24. The SMILES string of the molecule is CC(C(=O)c1ccc(O)cc1)N1CCC(Cc2ccccc2)CC1. The molecule has 0 aliphatic carbocycles. The predicted molar refractivity (Wildman–Crippen MR) is 96.3 cm³/mol. The van der Waals surface area contributed by atoms with Crippen molar-refractivity contribution in [2.24, 2.45) is 5.92 Å². The summed E-state index contributed by atoms with van der Waals surface area (Å²) in [6, 6.07) is 17.1. The second-order valence-corrected chi connectivity index (χ2v) is 6.76. The molecule has 0 radical (unpaired) electrons.